The van der Waals surface area contributed by atoms with E-state index in [2.05, 4.69) is 10.6 Å². The summed E-state index contributed by atoms with van der Waals surface area (Å²) in [4.78, 5) is 43.0. The quantitative estimate of drug-likeness (QED) is 0.407. The molecule has 3 unspecified atom stereocenters. The molecule has 0 aromatic heterocycles. The van der Waals surface area contributed by atoms with Crippen molar-refractivity contribution in [3.63, 3.8) is 0 Å². The van der Waals surface area contributed by atoms with Crippen molar-refractivity contribution in [1.29, 1.82) is 0 Å². The molecule has 1 aromatic carbocycles. The van der Waals surface area contributed by atoms with Crippen molar-refractivity contribution < 1.29 is 19.1 Å². The van der Waals surface area contributed by atoms with Gasteiger partial charge >= 0.3 is 6.09 Å². The van der Waals surface area contributed by atoms with Crippen LogP contribution in [0.1, 0.15) is 112 Å². The number of amides is 3. The number of alkyl carbamates (subject to hydrolysis) is 1. The molecule has 0 aliphatic rings. The van der Waals surface area contributed by atoms with Gasteiger partial charge in [0.15, 0.2) is 0 Å². The van der Waals surface area contributed by atoms with Crippen molar-refractivity contribution >= 4 is 17.9 Å². The maximum atomic E-state index is 14.5. The van der Waals surface area contributed by atoms with E-state index in [0.717, 1.165) is 16.7 Å². The van der Waals surface area contributed by atoms with Crippen LogP contribution in [0.3, 0.4) is 0 Å². The Morgan fingerprint density at radius 1 is 0.973 bits per heavy atom. The average Bonchev–Trinajstić information content (AvgIpc) is 2.74. The highest BCUT2D eigenvalue weighted by Crippen LogP contribution is 2.35. The lowest BCUT2D eigenvalue weighted by atomic mass is 9.87. The number of carbonyl (C=O) groups is 3. The van der Waals surface area contributed by atoms with E-state index in [1.165, 1.54) is 0 Å². The van der Waals surface area contributed by atoms with Crippen LogP contribution < -0.4 is 10.6 Å². The Kier molecular flexibility index (Phi) is 10.8. The maximum Gasteiger partial charge on any atom is 0.408 e. The summed E-state index contributed by atoms with van der Waals surface area (Å²) in [5.74, 6) is -0.738. The van der Waals surface area contributed by atoms with E-state index in [1.807, 2.05) is 87.4 Å². The molecule has 0 bridgehead atoms. The molecule has 2 N–H and O–H groups in total. The molecule has 7 heteroatoms. The molecule has 0 heterocycles. The molecule has 0 radical (unpaired) electrons. The second-order valence-electron chi connectivity index (χ2n) is 12.8. The molecule has 3 atom stereocenters. The topological polar surface area (TPSA) is 87.7 Å². The van der Waals surface area contributed by atoms with E-state index in [-0.39, 0.29) is 17.7 Å². The summed E-state index contributed by atoms with van der Waals surface area (Å²) in [5, 5.41) is 5.94. The Labute approximate surface area is 225 Å². The summed E-state index contributed by atoms with van der Waals surface area (Å²) < 4.78 is 5.50. The second kappa shape index (κ2) is 12.3. The van der Waals surface area contributed by atoms with E-state index in [0.29, 0.717) is 12.8 Å². The number of carbonyl (C=O) groups excluding carboxylic acids is 3. The molecular formula is C30H51N3O4. The molecule has 3 amide bonds. The zero-order chi connectivity index (χ0) is 28.9. The zero-order valence-corrected chi connectivity index (χ0v) is 25.5. The minimum absolute atomic E-state index is 0.180. The molecule has 0 aliphatic heterocycles. The van der Waals surface area contributed by atoms with E-state index in [4.69, 9.17) is 4.74 Å². The lowest BCUT2D eigenvalue weighted by Gasteiger charge is -2.46. The predicted octanol–water partition coefficient (Wildman–Crippen LogP) is 6.22. The van der Waals surface area contributed by atoms with Gasteiger partial charge in [-0.3, -0.25) is 9.59 Å². The van der Waals surface area contributed by atoms with Gasteiger partial charge in [-0.15, -0.1) is 0 Å². The minimum Gasteiger partial charge on any atom is -0.444 e. The fourth-order valence-corrected chi connectivity index (χ4v) is 4.12. The van der Waals surface area contributed by atoms with E-state index in [1.54, 1.807) is 25.7 Å². The van der Waals surface area contributed by atoms with Crippen molar-refractivity contribution in [2.24, 2.45) is 5.92 Å². The summed E-state index contributed by atoms with van der Waals surface area (Å²) in [7, 11) is 0. The Bertz CT molecular complexity index is 957. The Hall–Kier alpha value is -2.57. The molecule has 0 spiro atoms. The van der Waals surface area contributed by atoms with Crippen molar-refractivity contribution in [1.82, 2.24) is 15.5 Å². The fraction of sp³-hybridized carbons (Fsp3) is 0.700. The van der Waals surface area contributed by atoms with Crippen LogP contribution in [0.4, 0.5) is 4.79 Å². The van der Waals surface area contributed by atoms with Gasteiger partial charge in [0.05, 0.1) is 0 Å². The summed E-state index contributed by atoms with van der Waals surface area (Å²) in [6, 6.07) is 4.10. The fourth-order valence-electron chi connectivity index (χ4n) is 4.12. The maximum absolute atomic E-state index is 14.5. The number of ether oxygens (including phenoxy) is 1. The smallest absolute Gasteiger partial charge is 0.408 e. The van der Waals surface area contributed by atoms with Crippen LogP contribution in [0.15, 0.2) is 18.2 Å². The van der Waals surface area contributed by atoms with Crippen LogP contribution in [0.25, 0.3) is 0 Å². The number of benzene rings is 1. The van der Waals surface area contributed by atoms with Gasteiger partial charge in [-0.1, -0.05) is 45.4 Å². The van der Waals surface area contributed by atoms with E-state index < -0.39 is 34.9 Å². The minimum atomic E-state index is -0.881. The molecule has 7 nitrogen and oxygen atoms in total. The molecule has 210 valence electrons. The Morgan fingerprint density at radius 2 is 1.54 bits per heavy atom. The molecular weight excluding hydrogens is 466 g/mol. The highest BCUT2D eigenvalue weighted by molar-refractivity contribution is 5.93. The first-order valence-corrected chi connectivity index (χ1v) is 13.5. The number of nitrogens with zero attached hydrogens (tertiary/aromatic N) is 1. The number of rotatable bonds is 9. The third-order valence-electron chi connectivity index (χ3n) is 6.85. The SMILES string of the molecule is CCC(C)C(NC(=O)OC(C)(C)C)C(=O)N(C(C(=O)NC(C)(C)C)c1cccc(C)c1C)C(C)(C)CC. The van der Waals surface area contributed by atoms with E-state index >= 15 is 0 Å². The molecule has 37 heavy (non-hydrogen) atoms. The third-order valence-corrected chi connectivity index (χ3v) is 6.85. The van der Waals surface area contributed by atoms with Gasteiger partial charge in [0.2, 0.25) is 11.8 Å². The van der Waals surface area contributed by atoms with Crippen LogP contribution in [0.2, 0.25) is 0 Å². The number of hydrogen-bond donors (Lipinski definition) is 2. The largest absolute Gasteiger partial charge is 0.444 e. The van der Waals surface area contributed by atoms with Crippen molar-refractivity contribution in [3.8, 4) is 0 Å². The first kappa shape index (κ1) is 32.5. The Balaban J connectivity index is 3.80. The highest BCUT2D eigenvalue weighted by atomic mass is 16.6. The molecule has 0 saturated heterocycles. The number of hydrogen-bond acceptors (Lipinski definition) is 4. The molecule has 0 fully saturated rings. The van der Waals surface area contributed by atoms with Crippen LogP contribution in [0, 0.1) is 19.8 Å². The van der Waals surface area contributed by atoms with Gasteiger partial charge in [0.25, 0.3) is 0 Å². The van der Waals surface area contributed by atoms with Crippen molar-refractivity contribution in [2.45, 2.75) is 132 Å². The van der Waals surface area contributed by atoms with Crippen LogP contribution in [-0.2, 0) is 14.3 Å². The average molecular weight is 518 g/mol. The predicted molar refractivity (Wildman–Crippen MR) is 150 cm³/mol. The van der Waals surface area contributed by atoms with Crippen molar-refractivity contribution in [3.05, 3.63) is 34.9 Å². The second-order valence-corrected chi connectivity index (χ2v) is 12.8. The Morgan fingerprint density at radius 3 is 2.00 bits per heavy atom. The van der Waals surface area contributed by atoms with Gasteiger partial charge in [-0.25, -0.2) is 4.79 Å². The number of aryl methyl sites for hydroxylation is 1. The third kappa shape index (κ3) is 9.04. The van der Waals surface area contributed by atoms with Gasteiger partial charge < -0.3 is 20.3 Å². The monoisotopic (exact) mass is 517 g/mol. The lowest BCUT2D eigenvalue weighted by Crippen LogP contribution is -2.61. The van der Waals surface area contributed by atoms with Gasteiger partial charge in [0, 0.05) is 11.1 Å². The number of nitrogens with one attached hydrogen (secondary N) is 2. The van der Waals surface area contributed by atoms with Crippen LogP contribution in [-0.4, -0.2) is 45.5 Å². The molecule has 0 aliphatic carbocycles. The lowest BCUT2D eigenvalue weighted by molar-refractivity contribution is -0.151. The summed E-state index contributed by atoms with van der Waals surface area (Å²) in [5.41, 5.74) is 0.886. The van der Waals surface area contributed by atoms with Gasteiger partial charge in [-0.05, 0) is 98.3 Å². The van der Waals surface area contributed by atoms with Crippen molar-refractivity contribution in [2.75, 3.05) is 0 Å². The van der Waals surface area contributed by atoms with Gasteiger partial charge in [0.1, 0.15) is 17.7 Å². The summed E-state index contributed by atoms with van der Waals surface area (Å²) in [6.45, 7) is 25.0. The first-order valence-electron chi connectivity index (χ1n) is 13.5. The summed E-state index contributed by atoms with van der Waals surface area (Å²) >= 11 is 0. The molecule has 1 aromatic rings. The highest BCUT2D eigenvalue weighted by Gasteiger charge is 2.45. The standard InChI is InChI=1S/C30H51N3O4/c1-14-19(3)23(31-27(36)37-29(9,10)11)26(35)33(30(12,13)15-2)24(25(34)32-28(6,7)8)22-18-16-17-20(4)21(22)5/h16-19,23-24H,14-15H2,1-13H3,(H,31,36)(H,32,34). The summed E-state index contributed by atoms with van der Waals surface area (Å²) in [6.07, 6.45) is 0.625. The van der Waals surface area contributed by atoms with E-state index in [9.17, 15) is 14.4 Å². The molecule has 0 saturated carbocycles. The zero-order valence-electron chi connectivity index (χ0n) is 25.5. The molecule has 1 rings (SSSR count). The van der Waals surface area contributed by atoms with Crippen LogP contribution >= 0.6 is 0 Å². The first-order chi connectivity index (χ1) is 16.8. The van der Waals surface area contributed by atoms with Crippen LogP contribution in [0.5, 0.6) is 0 Å². The van der Waals surface area contributed by atoms with Gasteiger partial charge in [-0.2, -0.15) is 0 Å². The normalized spacial score (nSPS) is 14.8.